The van der Waals surface area contributed by atoms with Crippen molar-refractivity contribution in [3.63, 3.8) is 0 Å². The second kappa shape index (κ2) is 17.6. The van der Waals surface area contributed by atoms with Gasteiger partial charge in [0.1, 0.15) is 0 Å². The molecule has 0 unspecified atom stereocenters. The maximum absolute atomic E-state index is 2.51. The molecule has 82 heavy (non-hydrogen) atoms. The van der Waals surface area contributed by atoms with Gasteiger partial charge in [-0.05, 0) is 172 Å². The molecule has 18 aromatic rings. The third-order valence-electron chi connectivity index (χ3n) is 17.3. The molecule has 0 saturated carbocycles. The number of hydrogen-bond acceptors (Lipinski definition) is 2. The summed E-state index contributed by atoms with van der Waals surface area (Å²) >= 11 is 3.60. The number of nitrogens with zero attached hydrogens (tertiary/aromatic N) is 4. The molecular formula is C76H46N4S2. The Hall–Kier alpha value is -10.2. The summed E-state index contributed by atoms with van der Waals surface area (Å²) in [6.45, 7) is 0. The van der Waals surface area contributed by atoms with Crippen LogP contribution in [-0.4, -0.2) is 18.3 Å². The summed E-state index contributed by atoms with van der Waals surface area (Å²) in [6, 6.07) is 99.4. The number of hydrogen-bond donors (Lipinski definition) is 0. The molecule has 0 N–H and O–H groups in total. The second-order valence-electron chi connectivity index (χ2n) is 21.7. The lowest BCUT2D eigenvalue weighted by Crippen LogP contribution is -1.94. The van der Waals surface area contributed by atoms with Gasteiger partial charge < -0.3 is 18.3 Å². The van der Waals surface area contributed by atoms with Crippen LogP contribution in [0.15, 0.2) is 278 Å². The smallest absolute Gasteiger partial charge is 0.0647 e. The minimum Gasteiger partial charge on any atom is -0.309 e. The average molecular weight is 1080 g/mol. The summed E-state index contributed by atoms with van der Waals surface area (Å²) in [5, 5.41) is 17.0. The Bertz CT molecular complexity index is 5650. The van der Waals surface area contributed by atoms with E-state index >= 15 is 0 Å². The molecule has 0 atom stereocenters. The van der Waals surface area contributed by atoms with Crippen molar-refractivity contribution in [1.82, 2.24) is 18.3 Å². The minimum atomic E-state index is 1.14. The number of para-hydroxylation sites is 4. The molecule has 382 valence electrons. The Morgan fingerprint density at radius 3 is 1.17 bits per heavy atom. The highest BCUT2D eigenvalue weighted by molar-refractivity contribution is 7.17. The van der Waals surface area contributed by atoms with E-state index in [1.165, 1.54) is 152 Å². The van der Waals surface area contributed by atoms with Crippen LogP contribution in [0.4, 0.5) is 0 Å². The van der Waals surface area contributed by atoms with E-state index in [4.69, 9.17) is 0 Å². The first-order valence-corrected chi connectivity index (χ1v) is 29.7. The van der Waals surface area contributed by atoms with E-state index in [9.17, 15) is 0 Å². The summed E-state index contributed by atoms with van der Waals surface area (Å²) in [5.74, 6) is 0. The van der Waals surface area contributed by atoms with Gasteiger partial charge in [-0.1, -0.05) is 140 Å². The highest BCUT2D eigenvalue weighted by Crippen LogP contribution is 2.44. The predicted molar refractivity (Wildman–Crippen MR) is 351 cm³/mol. The van der Waals surface area contributed by atoms with Crippen molar-refractivity contribution >= 4 is 130 Å². The van der Waals surface area contributed by atoms with E-state index in [-0.39, 0.29) is 0 Å². The van der Waals surface area contributed by atoms with Crippen LogP contribution in [0.2, 0.25) is 0 Å². The van der Waals surface area contributed by atoms with Gasteiger partial charge in [0, 0.05) is 80.3 Å². The number of thiophene rings is 2. The summed E-state index contributed by atoms with van der Waals surface area (Å²) < 4.78 is 12.4. The van der Waals surface area contributed by atoms with Crippen molar-refractivity contribution in [2.24, 2.45) is 0 Å². The highest BCUT2D eigenvalue weighted by Gasteiger charge is 2.21. The molecular weight excluding hydrogens is 1030 g/mol. The molecule has 0 aliphatic heterocycles. The molecule has 0 bridgehead atoms. The summed E-state index contributed by atoms with van der Waals surface area (Å²) in [5.41, 5.74) is 21.4. The Morgan fingerprint density at radius 2 is 0.622 bits per heavy atom. The van der Waals surface area contributed by atoms with Crippen LogP contribution in [0.5, 0.6) is 0 Å². The molecule has 6 aromatic heterocycles. The molecule has 0 spiro atoms. The zero-order valence-corrected chi connectivity index (χ0v) is 45.8. The molecule has 0 aliphatic carbocycles. The number of rotatable bonds is 7. The van der Waals surface area contributed by atoms with Gasteiger partial charge in [0.15, 0.2) is 0 Å². The first-order chi connectivity index (χ1) is 40.6. The average Bonchev–Trinajstić information content (AvgIpc) is 4.10. The zero-order chi connectivity index (χ0) is 53.6. The summed E-state index contributed by atoms with van der Waals surface area (Å²) in [6.07, 6.45) is 0. The first-order valence-electron chi connectivity index (χ1n) is 27.9. The van der Waals surface area contributed by atoms with Gasteiger partial charge >= 0.3 is 0 Å². The molecule has 0 aliphatic rings. The maximum atomic E-state index is 2.51. The van der Waals surface area contributed by atoms with Crippen molar-refractivity contribution in [1.29, 1.82) is 0 Å². The zero-order valence-electron chi connectivity index (χ0n) is 44.2. The molecule has 4 nitrogen and oxygen atoms in total. The minimum absolute atomic E-state index is 1.14. The van der Waals surface area contributed by atoms with Crippen molar-refractivity contribution in [2.75, 3.05) is 0 Å². The van der Waals surface area contributed by atoms with Crippen molar-refractivity contribution in [3.8, 4) is 56.1 Å². The second-order valence-corrected chi connectivity index (χ2v) is 23.6. The topological polar surface area (TPSA) is 19.7 Å². The van der Waals surface area contributed by atoms with Crippen LogP contribution in [0.3, 0.4) is 0 Å². The molecule has 18 rings (SSSR count). The number of benzene rings is 12. The fourth-order valence-corrected chi connectivity index (χ4v) is 15.2. The van der Waals surface area contributed by atoms with Gasteiger partial charge in [0.2, 0.25) is 0 Å². The Labute approximate surface area is 479 Å². The first kappa shape index (κ1) is 45.6. The lowest BCUT2D eigenvalue weighted by molar-refractivity contribution is 1.18. The summed E-state index contributed by atoms with van der Waals surface area (Å²) in [4.78, 5) is 0. The third-order valence-corrected chi connectivity index (χ3v) is 19.2. The highest BCUT2D eigenvalue weighted by atomic mass is 32.1. The predicted octanol–water partition coefficient (Wildman–Crippen LogP) is 21.5. The van der Waals surface area contributed by atoms with Crippen molar-refractivity contribution < 1.29 is 0 Å². The third kappa shape index (κ3) is 6.77. The van der Waals surface area contributed by atoms with Crippen LogP contribution in [0, 0.1) is 0 Å². The molecule has 6 heterocycles. The number of fused-ring (bicyclic) bond motifs is 14. The molecule has 0 amide bonds. The SMILES string of the molecule is c1ccc(-n2c3ccccc3c3cc(-c4ccc5c(c4)c4ccc(-c6ccc7c8cc(-c9ccc%10c(c9)c9ccccc9n%10-c9ccc%10sccc%10c9)ccc8n(-c8ccccc8)c7c6)cc4n5-c4csc5ccccc45)ccc32)cc1. The molecule has 0 fully saturated rings. The fraction of sp³-hybridized carbons (Fsp3) is 0. The van der Waals surface area contributed by atoms with Crippen LogP contribution in [0.25, 0.3) is 164 Å². The van der Waals surface area contributed by atoms with Gasteiger partial charge in [0.25, 0.3) is 0 Å². The van der Waals surface area contributed by atoms with Crippen LogP contribution in [0.1, 0.15) is 0 Å². The van der Waals surface area contributed by atoms with Crippen molar-refractivity contribution in [3.05, 3.63) is 278 Å². The lowest BCUT2D eigenvalue weighted by Gasteiger charge is -2.10. The quantitative estimate of drug-likeness (QED) is 0.152. The fourth-order valence-electron chi connectivity index (χ4n) is 13.5. The van der Waals surface area contributed by atoms with Crippen molar-refractivity contribution in [2.45, 2.75) is 0 Å². The van der Waals surface area contributed by atoms with Crippen LogP contribution < -0.4 is 0 Å². The molecule has 0 saturated heterocycles. The Kier molecular flexibility index (Phi) is 9.80. The van der Waals surface area contributed by atoms with Gasteiger partial charge in [-0.3, -0.25) is 0 Å². The Morgan fingerprint density at radius 1 is 0.220 bits per heavy atom. The van der Waals surface area contributed by atoms with Gasteiger partial charge in [-0.15, -0.1) is 22.7 Å². The number of aromatic nitrogens is 4. The van der Waals surface area contributed by atoms with E-state index in [1.807, 2.05) is 11.3 Å². The molecule has 6 heteroatoms. The molecule has 0 radical (unpaired) electrons. The van der Waals surface area contributed by atoms with E-state index in [0.29, 0.717) is 0 Å². The largest absolute Gasteiger partial charge is 0.309 e. The standard InChI is InChI=1S/C76H46N4S2/c1-3-13-54(14-4-1)77-66-20-10-7-17-57(66)62-40-47(25-32-68(62)77)50-28-35-71-65(43-50)60-31-24-52(45-73(60)80(71)74-46-82-76-22-12-9-19-61(74)76)51-23-30-59-64-42-49(26-33-69(64)78(72(59)44-51)55-15-5-2-6-16-55)48-27-34-70-63(41-48)58-18-8-11-21-67(58)79(70)56-29-36-75-53(39-56)37-38-81-75/h1-46H. The van der Waals surface area contributed by atoms with E-state index < -0.39 is 0 Å². The van der Waals surface area contributed by atoms with Crippen LogP contribution in [-0.2, 0) is 0 Å². The van der Waals surface area contributed by atoms with E-state index in [2.05, 4.69) is 296 Å². The Balaban J connectivity index is 0.786. The molecule has 12 aromatic carbocycles. The summed E-state index contributed by atoms with van der Waals surface area (Å²) in [7, 11) is 0. The van der Waals surface area contributed by atoms with E-state index in [0.717, 1.165) is 11.4 Å². The van der Waals surface area contributed by atoms with E-state index in [1.54, 1.807) is 11.3 Å². The lowest BCUT2D eigenvalue weighted by atomic mass is 9.98. The monoisotopic (exact) mass is 1080 g/mol. The van der Waals surface area contributed by atoms with Crippen LogP contribution >= 0.6 is 22.7 Å². The van der Waals surface area contributed by atoms with Gasteiger partial charge in [-0.25, -0.2) is 0 Å². The normalized spacial score (nSPS) is 12.1. The maximum Gasteiger partial charge on any atom is 0.0647 e. The van der Waals surface area contributed by atoms with Gasteiger partial charge in [-0.2, -0.15) is 0 Å². The van der Waals surface area contributed by atoms with Gasteiger partial charge in [0.05, 0.1) is 49.8 Å².